The zero-order valence-corrected chi connectivity index (χ0v) is 6.92. The molecule has 1 unspecified atom stereocenters. The van der Waals surface area contributed by atoms with E-state index in [2.05, 4.69) is 15.8 Å². The van der Waals surface area contributed by atoms with E-state index >= 15 is 0 Å². The summed E-state index contributed by atoms with van der Waals surface area (Å²) in [5, 5.41) is 5.83. The van der Waals surface area contributed by atoms with Gasteiger partial charge in [-0.15, -0.1) is 5.11 Å². The smallest absolute Gasteiger partial charge is 0.282 e. The quantitative estimate of drug-likeness (QED) is 0.506. The fourth-order valence-corrected chi connectivity index (χ4v) is 0.707. The number of nitrogens with one attached hydrogen (secondary N) is 1. The molecule has 6 heteroatoms. The first kappa shape index (κ1) is 8.29. The molecule has 0 fully saturated rings. The molecule has 0 bridgehead atoms. The molecule has 1 atom stereocenters. The van der Waals surface area contributed by atoms with E-state index in [0.717, 1.165) is 0 Å². The van der Waals surface area contributed by atoms with Gasteiger partial charge >= 0.3 is 0 Å². The first-order chi connectivity index (χ1) is 5.20. The van der Waals surface area contributed by atoms with Gasteiger partial charge in [0.2, 0.25) is 5.88 Å². The Hall–Kier alpha value is -0.810. The van der Waals surface area contributed by atoms with Gasteiger partial charge in [0.05, 0.1) is 7.11 Å². The average Bonchev–Trinajstić information content (AvgIpc) is 2.05. The molecule has 0 aromatic rings. The summed E-state index contributed by atoms with van der Waals surface area (Å²) in [6, 6.07) is 0. The van der Waals surface area contributed by atoms with Crippen LogP contribution in [0.15, 0.2) is 22.3 Å². The molecule has 11 heavy (non-hydrogen) atoms. The van der Waals surface area contributed by atoms with Crippen molar-refractivity contribution in [1.82, 2.24) is 5.43 Å². The van der Waals surface area contributed by atoms with Crippen LogP contribution in [-0.4, -0.2) is 19.4 Å². The van der Waals surface area contributed by atoms with E-state index < -0.39 is 5.18 Å². The van der Waals surface area contributed by atoms with Crippen LogP contribution in [0.25, 0.3) is 0 Å². The third-order valence-corrected chi connectivity index (χ3v) is 1.50. The van der Waals surface area contributed by atoms with Crippen LogP contribution in [0, 0.1) is 0 Å². The zero-order valence-electron chi connectivity index (χ0n) is 6.17. The van der Waals surface area contributed by atoms with Crippen LogP contribution in [0.1, 0.15) is 0 Å². The number of methoxy groups -OCH3 is 2. The summed E-state index contributed by atoms with van der Waals surface area (Å²) in [5.74, 6) is 0.414. The molecule has 0 aromatic carbocycles. The molecule has 5 nitrogen and oxygen atoms in total. The summed E-state index contributed by atoms with van der Waals surface area (Å²) >= 11 is 5.75. The third-order valence-electron chi connectivity index (χ3n) is 1.16. The molecule has 0 saturated carbocycles. The van der Waals surface area contributed by atoms with Crippen LogP contribution in [0.4, 0.5) is 0 Å². The van der Waals surface area contributed by atoms with Gasteiger partial charge in [-0.05, 0) is 0 Å². The Balaban J connectivity index is 2.75. The van der Waals surface area contributed by atoms with E-state index in [-0.39, 0.29) is 0 Å². The number of rotatable bonds is 2. The molecule has 1 N–H and O–H groups in total. The normalized spacial score (nSPS) is 29.2. The SMILES string of the molecule is COC1=CC(Cl)(OC)N=NN1. The summed E-state index contributed by atoms with van der Waals surface area (Å²) < 4.78 is 9.64. The Morgan fingerprint density at radius 2 is 2.36 bits per heavy atom. The lowest BCUT2D eigenvalue weighted by Crippen LogP contribution is -2.25. The number of nitrogens with zero attached hydrogens (tertiary/aromatic N) is 2. The van der Waals surface area contributed by atoms with Crippen LogP contribution in [0.2, 0.25) is 0 Å². The summed E-state index contributed by atoms with van der Waals surface area (Å²) in [5.41, 5.74) is 2.49. The van der Waals surface area contributed by atoms with Gasteiger partial charge in [-0.1, -0.05) is 16.8 Å². The average molecular weight is 178 g/mol. The number of ether oxygens (including phenoxy) is 2. The van der Waals surface area contributed by atoms with E-state index in [0.29, 0.717) is 5.88 Å². The second-order valence-corrected chi connectivity index (χ2v) is 2.38. The van der Waals surface area contributed by atoms with E-state index in [1.807, 2.05) is 0 Å². The zero-order chi connectivity index (χ0) is 8.32. The van der Waals surface area contributed by atoms with Crippen LogP contribution < -0.4 is 5.43 Å². The number of alkyl halides is 1. The van der Waals surface area contributed by atoms with Gasteiger partial charge in [-0.3, -0.25) is 0 Å². The molecule has 1 aliphatic heterocycles. The summed E-state index contributed by atoms with van der Waals surface area (Å²) in [4.78, 5) is 0. The molecule has 1 aliphatic rings. The van der Waals surface area contributed by atoms with Gasteiger partial charge in [0.15, 0.2) is 0 Å². The van der Waals surface area contributed by atoms with E-state index in [9.17, 15) is 0 Å². The lowest BCUT2D eigenvalue weighted by molar-refractivity contribution is 0.0898. The second-order valence-electron chi connectivity index (χ2n) is 1.84. The monoisotopic (exact) mass is 177 g/mol. The molecule has 0 aliphatic carbocycles. The molecular weight excluding hydrogens is 170 g/mol. The fourth-order valence-electron chi connectivity index (χ4n) is 0.570. The highest BCUT2D eigenvalue weighted by Gasteiger charge is 2.27. The topological polar surface area (TPSA) is 55.2 Å². The van der Waals surface area contributed by atoms with Crippen LogP contribution >= 0.6 is 11.6 Å². The van der Waals surface area contributed by atoms with Gasteiger partial charge in [-0.25, -0.2) is 5.43 Å². The highest BCUT2D eigenvalue weighted by atomic mass is 35.5. The molecule has 0 saturated heterocycles. The van der Waals surface area contributed by atoms with Crippen molar-refractivity contribution in [3.63, 3.8) is 0 Å². The highest BCUT2D eigenvalue weighted by molar-refractivity contribution is 6.24. The van der Waals surface area contributed by atoms with Gasteiger partial charge in [0.1, 0.15) is 0 Å². The minimum Gasteiger partial charge on any atom is -0.481 e. The van der Waals surface area contributed by atoms with Crippen molar-refractivity contribution in [3.05, 3.63) is 12.0 Å². The maximum Gasteiger partial charge on any atom is 0.282 e. The van der Waals surface area contributed by atoms with E-state index in [1.54, 1.807) is 0 Å². The molecular formula is C5H8ClN3O2. The van der Waals surface area contributed by atoms with Crippen molar-refractivity contribution in [3.8, 4) is 0 Å². The number of hydrogen-bond acceptors (Lipinski definition) is 5. The predicted molar refractivity (Wildman–Crippen MR) is 38.7 cm³/mol. The Morgan fingerprint density at radius 1 is 1.64 bits per heavy atom. The van der Waals surface area contributed by atoms with Gasteiger partial charge in [-0.2, -0.15) is 0 Å². The largest absolute Gasteiger partial charge is 0.481 e. The van der Waals surface area contributed by atoms with Crippen molar-refractivity contribution in [2.75, 3.05) is 14.2 Å². The molecule has 0 aromatic heterocycles. The first-order valence-electron chi connectivity index (χ1n) is 2.89. The minimum absolute atomic E-state index is 0.414. The lowest BCUT2D eigenvalue weighted by atomic mass is 10.5. The van der Waals surface area contributed by atoms with Crippen molar-refractivity contribution in [2.45, 2.75) is 5.18 Å². The van der Waals surface area contributed by atoms with E-state index in [4.69, 9.17) is 21.1 Å². The maximum atomic E-state index is 5.75. The Labute approximate surface area is 69.0 Å². The minimum atomic E-state index is -1.23. The van der Waals surface area contributed by atoms with Crippen LogP contribution in [-0.2, 0) is 9.47 Å². The van der Waals surface area contributed by atoms with Crippen molar-refractivity contribution < 1.29 is 9.47 Å². The molecule has 0 amide bonds. The molecule has 0 radical (unpaired) electrons. The number of halogens is 1. The summed E-state index contributed by atoms with van der Waals surface area (Å²) in [7, 11) is 2.92. The first-order valence-corrected chi connectivity index (χ1v) is 3.27. The Kier molecular flexibility index (Phi) is 2.31. The van der Waals surface area contributed by atoms with Crippen molar-refractivity contribution in [2.24, 2.45) is 10.3 Å². The molecule has 1 rings (SSSR count). The van der Waals surface area contributed by atoms with Crippen LogP contribution in [0.5, 0.6) is 0 Å². The Morgan fingerprint density at radius 3 is 2.91 bits per heavy atom. The van der Waals surface area contributed by atoms with Crippen molar-refractivity contribution in [1.29, 1.82) is 0 Å². The number of hydrogen-bond donors (Lipinski definition) is 1. The van der Waals surface area contributed by atoms with Gasteiger partial charge in [0, 0.05) is 13.2 Å². The third kappa shape index (κ3) is 1.81. The lowest BCUT2D eigenvalue weighted by Gasteiger charge is -2.19. The Bertz CT molecular complexity index is 206. The fraction of sp³-hybridized carbons (Fsp3) is 0.600. The van der Waals surface area contributed by atoms with Gasteiger partial charge < -0.3 is 9.47 Å². The molecule has 62 valence electrons. The predicted octanol–water partition coefficient (Wildman–Crippen LogP) is 0.984. The highest BCUT2D eigenvalue weighted by Crippen LogP contribution is 2.23. The molecule has 0 spiro atoms. The van der Waals surface area contributed by atoms with Gasteiger partial charge in [0.25, 0.3) is 5.18 Å². The summed E-state index contributed by atoms with van der Waals surface area (Å²) in [6.07, 6.45) is 1.47. The molecule has 1 heterocycles. The van der Waals surface area contributed by atoms with Crippen molar-refractivity contribution >= 4 is 11.6 Å². The standard InChI is InChI=1S/C5H8ClN3O2/c1-10-4-3-5(6,11-2)8-9-7-4/h3H,1-2H3,(H,7,8). The summed E-state index contributed by atoms with van der Waals surface area (Å²) in [6.45, 7) is 0. The second kappa shape index (κ2) is 3.06. The maximum absolute atomic E-state index is 5.75. The van der Waals surface area contributed by atoms with E-state index in [1.165, 1.54) is 20.3 Å². The van der Waals surface area contributed by atoms with Crippen LogP contribution in [0.3, 0.4) is 0 Å².